The van der Waals surface area contributed by atoms with Gasteiger partial charge >= 0.3 is 0 Å². The fourth-order valence-corrected chi connectivity index (χ4v) is 2.34. The molecule has 0 atom stereocenters. The largest absolute Gasteiger partial charge is 0.496 e. The summed E-state index contributed by atoms with van der Waals surface area (Å²) >= 11 is 1.66. The van der Waals surface area contributed by atoms with Crippen molar-refractivity contribution in [3.8, 4) is 5.75 Å². The lowest BCUT2D eigenvalue weighted by molar-refractivity contribution is 0.103. The van der Waals surface area contributed by atoms with Gasteiger partial charge in [-0.3, -0.25) is 4.79 Å². The standard InChI is InChI=1S/C16H16O2S/c1-11-10-13(6-9-15(11)18-2)16(17)12-4-7-14(19-3)8-5-12/h4-10H,1-3H3. The number of ketones is 1. The van der Waals surface area contributed by atoms with Gasteiger partial charge < -0.3 is 4.74 Å². The summed E-state index contributed by atoms with van der Waals surface area (Å²) in [4.78, 5) is 13.5. The molecule has 0 spiro atoms. The molecule has 19 heavy (non-hydrogen) atoms. The van der Waals surface area contributed by atoms with Gasteiger partial charge in [-0.2, -0.15) is 0 Å². The second-order valence-electron chi connectivity index (χ2n) is 4.24. The molecule has 3 heteroatoms. The SMILES string of the molecule is COc1ccc(C(=O)c2ccc(SC)cc2)cc1C. The van der Waals surface area contributed by atoms with E-state index in [1.54, 1.807) is 24.9 Å². The zero-order valence-corrected chi connectivity index (χ0v) is 12.1. The van der Waals surface area contributed by atoms with Crippen LogP contribution in [0.2, 0.25) is 0 Å². The van der Waals surface area contributed by atoms with Crippen LogP contribution in [0.3, 0.4) is 0 Å². The molecular formula is C16H16O2S. The quantitative estimate of drug-likeness (QED) is 0.622. The van der Waals surface area contributed by atoms with Crippen LogP contribution in [0.4, 0.5) is 0 Å². The molecule has 2 aromatic rings. The molecule has 2 aromatic carbocycles. The van der Waals surface area contributed by atoms with Gasteiger partial charge in [-0.15, -0.1) is 11.8 Å². The number of carbonyl (C=O) groups excluding carboxylic acids is 1. The Balaban J connectivity index is 2.30. The number of benzene rings is 2. The van der Waals surface area contributed by atoms with Gasteiger partial charge in [0.05, 0.1) is 7.11 Å². The first-order chi connectivity index (χ1) is 9.15. The van der Waals surface area contributed by atoms with E-state index in [1.165, 1.54) is 0 Å². The Labute approximate surface area is 117 Å². The first-order valence-electron chi connectivity index (χ1n) is 5.99. The minimum atomic E-state index is 0.0402. The molecule has 2 nitrogen and oxygen atoms in total. The van der Waals surface area contributed by atoms with E-state index in [4.69, 9.17) is 4.74 Å². The third-order valence-electron chi connectivity index (χ3n) is 3.01. The number of ether oxygens (including phenoxy) is 1. The highest BCUT2D eigenvalue weighted by Crippen LogP contribution is 2.21. The minimum Gasteiger partial charge on any atom is -0.496 e. The molecule has 2 rings (SSSR count). The molecular weight excluding hydrogens is 256 g/mol. The minimum absolute atomic E-state index is 0.0402. The Morgan fingerprint density at radius 3 is 2.21 bits per heavy atom. The average Bonchev–Trinajstić information content (AvgIpc) is 2.46. The topological polar surface area (TPSA) is 26.3 Å². The van der Waals surface area contributed by atoms with E-state index in [0.717, 1.165) is 16.2 Å². The van der Waals surface area contributed by atoms with E-state index in [0.29, 0.717) is 11.1 Å². The van der Waals surface area contributed by atoms with Crippen LogP contribution in [0.25, 0.3) is 0 Å². The monoisotopic (exact) mass is 272 g/mol. The molecule has 0 bridgehead atoms. The maximum atomic E-state index is 12.4. The van der Waals surface area contributed by atoms with Gasteiger partial charge in [0.2, 0.25) is 0 Å². The van der Waals surface area contributed by atoms with Crippen molar-refractivity contribution >= 4 is 17.5 Å². The zero-order chi connectivity index (χ0) is 13.8. The Morgan fingerprint density at radius 2 is 1.68 bits per heavy atom. The zero-order valence-electron chi connectivity index (χ0n) is 11.3. The lowest BCUT2D eigenvalue weighted by atomic mass is 10.0. The van der Waals surface area contributed by atoms with Crippen molar-refractivity contribution in [3.05, 3.63) is 59.2 Å². The van der Waals surface area contributed by atoms with Crippen molar-refractivity contribution in [1.29, 1.82) is 0 Å². The van der Waals surface area contributed by atoms with E-state index >= 15 is 0 Å². The van der Waals surface area contributed by atoms with Crippen LogP contribution in [0.1, 0.15) is 21.5 Å². The summed E-state index contributed by atoms with van der Waals surface area (Å²) in [5.41, 5.74) is 2.37. The summed E-state index contributed by atoms with van der Waals surface area (Å²) in [5.74, 6) is 0.840. The van der Waals surface area contributed by atoms with Crippen LogP contribution in [-0.4, -0.2) is 19.1 Å². The van der Waals surface area contributed by atoms with Gasteiger partial charge in [0.15, 0.2) is 5.78 Å². The molecule has 98 valence electrons. The van der Waals surface area contributed by atoms with Crippen molar-refractivity contribution in [2.24, 2.45) is 0 Å². The Morgan fingerprint density at radius 1 is 1.05 bits per heavy atom. The van der Waals surface area contributed by atoms with E-state index in [-0.39, 0.29) is 5.78 Å². The molecule has 0 aliphatic rings. The molecule has 0 saturated heterocycles. The van der Waals surface area contributed by atoms with Crippen LogP contribution < -0.4 is 4.74 Å². The van der Waals surface area contributed by atoms with Gasteiger partial charge in [-0.05, 0) is 61.2 Å². The summed E-state index contributed by atoms with van der Waals surface area (Å²) in [6.07, 6.45) is 2.02. The highest BCUT2D eigenvalue weighted by Gasteiger charge is 2.10. The summed E-state index contributed by atoms with van der Waals surface area (Å²) in [6, 6.07) is 13.2. The third-order valence-corrected chi connectivity index (χ3v) is 3.75. The molecule has 0 aliphatic heterocycles. The van der Waals surface area contributed by atoms with E-state index in [9.17, 15) is 4.79 Å². The van der Waals surface area contributed by atoms with Crippen LogP contribution in [0, 0.1) is 6.92 Å². The first kappa shape index (κ1) is 13.7. The second-order valence-corrected chi connectivity index (χ2v) is 5.12. The number of carbonyl (C=O) groups is 1. The number of rotatable bonds is 4. The van der Waals surface area contributed by atoms with E-state index < -0.39 is 0 Å². The third kappa shape index (κ3) is 2.99. The predicted octanol–water partition coefficient (Wildman–Crippen LogP) is 3.96. The normalized spacial score (nSPS) is 10.3. The number of thioether (sulfide) groups is 1. The van der Waals surface area contributed by atoms with Gasteiger partial charge in [-0.25, -0.2) is 0 Å². The first-order valence-corrected chi connectivity index (χ1v) is 7.21. The van der Waals surface area contributed by atoms with Crippen molar-refractivity contribution in [2.75, 3.05) is 13.4 Å². The molecule has 0 radical (unpaired) electrons. The number of aryl methyl sites for hydroxylation is 1. The van der Waals surface area contributed by atoms with Gasteiger partial charge in [-0.1, -0.05) is 0 Å². The Kier molecular flexibility index (Phi) is 4.27. The van der Waals surface area contributed by atoms with Gasteiger partial charge in [0, 0.05) is 16.0 Å². The lowest BCUT2D eigenvalue weighted by Gasteiger charge is -2.07. The predicted molar refractivity (Wildman–Crippen MR) is 79.4 cm³/mol. The maximum absolute atomic E-state index is 12.4. The van der Waals surface area contributed by atoms with Crippen LogP contribution in [0.5, 0.6) is 5.75 Å². The maximum Gasteiger partial charge on any atom is 0.193 e. The second kappa shape index (κ2) is 5.93. The molecule has 0 N–H and O–H groups in total. The summed E-state index contributed by atoms with van der Waals surface area (Å²) < 4.78 is 5.20. The molecule has 0 aliphatic carbocycles. The lowest BCUT2D eigenvalue weighted by Crippen LogP contribution is -2.02. The van der Waals surface area contributed by atoms with Crippen molar-refractivity contribution in [3.63, 3.8) is 0 Å². The van der Waals surface area contributed by atoms with Crippen molar-refractivity contribution in [2.45, 2.75) is 11.8 Å². The summed E-state index contributed by atoms with van der Waals surface area (Å²) in [5, 5.41) is 0. The van der Waals surface area contributed by atoms with Crippen molar-refractivity contribution in [1.82, 2.24) is 0 Å². The van der Waals surface area contributed by atoms with Crippen LogP contribution in [-0.2, 0) is 0 Å². The van der Waals surface area contributed by atoms with Crippen LogP contribution >= 0.6 is 11.8 Å². The molecule has 0 fully saturated rings. The van der Waals surface area contributed by atoms with E-state index in [2.05, 4.69) is 0 Å². The average molecular weight is 272 g/mol. The molecule has 0 saturated carbocycles. The van der Waals surface area contributed by atoms with Crippen molar-refractivity contribution < 1.29 is 9.53 Å². The van der Waals surface area contributed by atoms with Crippen LogP contribution in [0.15, 0.2) is 47.4 Å². The summed E-state index contributed by atoms with van der Waals surface area (Å²) in [6.45, 7) is 1.94. The highest BCUT2D eigenvalue weighted by atomic mass is 32.2. The van der Waals surface area contributed by atoms with Gasteiger partial charge in [0.25, 0.3) is 0 Å². The number of methoxy groups -OCH3 is 1. The highest BCUT2D eigenvalue weighted by molar-refractivity contribution is 7.98. The smallest absolute Gasteiger partial charge is 0.193 e. The molecule has 0 amide bonds. The number of hydrogen-bond acceptors (Lipinski definition) is 3. The molecule has 0 heterocycles. The molecule has 0 unspecified atom stereocenters. The fourth-order valence-electron chi connectivity index (χ4n) is 1.93. The Bertz CT molecular complexity index is 588. The fraction of sp³-hybridized carbons (Fsp3) is 0.188. The van der Waals surface area contributed by atoms with Gasteiger partial charge in [0.1, 0.15) is 5.75 Å². The Hall–Kier alpha value is -1.74. The van der Waals surface area contributed by atoms with E-state index in [1.807, 2.05) is 49.6 Å². The number of hydrogen-bond donors (Lipinski definition) is 0. The molecule has 0 aromatic heterocycles. The summed E-state index contributed by atoms with van der Waals surface area (Å²) in [7, 11) is 1.63.